The maximum Gasteiger partial charge on any atom is 0.222 e. The van der Waals surface area contributed by atoms with Gasteiger partial charge in [0.25, 0.3) is 0 Å². The highest BCUT2D eigenvalue weighted by Gasteiger charge is 2.16. The summed E-state index contributed by atoms with van der Waals surface area (Å²) in [7, 11) is 0. The lowest BCUT2D eigenvalue weighted by molar-refractivity contribution is -0.131. The summed E-state index contributed by atoms with van der Waals surface area (Å²) in [6.07, 6.45) is 8.85. The summed E-state index contributed by atoms with van der Waals surface area (Å²) in [5.74, 6) is 0.216. The molecule has 2 amide bonds. The molecule has 0 atom stereocenters. The van der Waals surface area contributed by atoms with E-state index in [2.05, 4.69) is 10.4 Å². The molecule has 6 nitrogen and oxygen atoms in total. The molecule has 2 heterocycles. The number of carbonyl (C=O) groups excluding carboxylic acids is 2. The molecule has 0 bridgehead atoms. The molecule has 122 valence electrons. The molecule has 1 aromatic rings. The second-order valence-electron chi connectivity index (χ2n) is 5.93. The zero-order chi connectivity index (χ0) is 15.8. The van der Waals surface area contributed by atoms with Gasteiger partial charge in [-0.25, -0.2) is 0 Å². The summed E-state index contributed by atoms with van der Waals surface area (Å²) in [5.41, 5.74) is 1.14. The van der Waals surface area contributed by atoms with Crippen LogP contribution in [0.4, 0.5) is 0 Å². The highest BCUT2D eigenvalue weighted by molar-refractivity contribution is 5.79. The molecule has 1 saturated heterocycles. The number of nitrogens with zero attached hydrogens (tertiary/aromatic N) is 3. The first-order chi connectivity index (χ1) is 10.6. The summed E-state index contributed by atoms with van der Waals surface area (Å²) in [6, 6.07) is 0. The second kappa shape index (κ2) is 8.56. The molecule has 0 unspecified atom stereocenters. The van der Waals surface area contributed by atoms with E-state index in [0.717, 1.165) is 44.3 Å². The van der Waals surface area contributed by atoms with E-state index in [4.69, 9.17) is 0 Å². The van der Waals surface area contributed by atoms with Crippen molar-refractivity contribution >= 4 is 11.8 Å². The number of aromatic nitrogens is 2. The fourth-order valence-electron chi connectivity index (χ4n) is 2.66. The third-order valence-corrected chi connectivity index (χ3v) is 3.93. The molecule has 2 rings (SSSR count). The molecule has 0 aromatic carbocycles. The standard InChI is InChI=1S/C16H26N4O2/c1-14-12-18-20(13-14)10-5-8-17-15(21)7-11-19-9-4-2-3-6-16(19)22/h12-13H,2-11H2,1H3,(H,17,21). The minimum absolute atomic E-state index is 0.0219. The molecule has 1 fully saturated rings. The van der Waals surface area contributed by atoms with E-state index in [-0.39, 0.29) is 11.8 Å². The Hall–Kier alpha value is -1.85. The largest absolute Gasteiger partial charge is 0.356 e. The fraction of sp³-hybridized carbons (Fsp3) is 0.688. The smallest absolute Gasteiger partial charge is 0.222 e. The van der Waals surface area contributed by atoms with Gasteiger partial charge in [-0.2, -0.15) is 5.10 Å². The zero-order valence-corrected chi connectivity index (χ0v) is 13.4. The molecular weight excluding hydrogens is 280 g/mol. The van der Waals surface area contributed by atoms with E-state index >= 15 is 0 Å². The predicted molar refractivity (Wildman–Crippen MR) is 84.3 cm³/mol. The lowest BCUT2D eigenvalue weighted by Crippen LogP contribution is -2.35. The van der Waals surface area contributed by atoms with Crippen molar-refractivity contribution in [3.8, 4) is 0 Å². The van der Waals surface area contributed by atoms with Gasteiger partial charge >= 0.3 is 0 Å². The van der Waals surface area contributed by atoms with Crippen LogP contribution >= 0.6 is 0 Å². The van der Waals surface area contributed by atoms with Gasteiger partial charge in [-0.05, 0) is 31.7 Å². The van der Waals surface area contributed by atoms with Crippen LogP contribution in [0.2, 0.25) is 0 Å². The molecule has 0 spiro atoms. The van der Waals surface area contributed by atoms with Gasteiger partial charge in [0.1, 0.15) is 0 Å². The Morgan fingerprint density at radius 2 is 2.18 bits per heavy atom. The highest BCUT2D eigenvalue weighted by atomic mass is 16.2. The molecule has 1 aromatic heterocycles. The van der Waals surface area contributed by atoms with Crippen LogP contribution in [0.3, 0.4) is 0 Å². The molecule has 0 saturated carbocycles. The minimum atomic E-state index is 0.0219. The first kappa shape index (κ1) is 16.5. The third kappa shape index (κ3) is 5.50. The topological polar surface area (TPSA) is 67.2 Å². The summed E-state index contributed by atoms with van der Waals surface area (Å²) in [4.78, 5) is 25.5. The van der Waals surface area contributed by atoms with E-state index in [9.17, 15) is 9.59 Å². The number of hydrogen-bond acceptors (Lipinski definition) is 3. The summed E-state index contributed by atoms with van der Waals surface area (Å²) < 4.78 is 1.89. The van der Waals surface area contributed by atoms with E-state index in [0.29, 0.717) is 25.9 Å². The van der Waals surface area contributed by atoms with Gasteiger partial charge in [-0.15, -0.1) is 0 Å². The van der Waals surface area contributed by atoms with Crippen molar-refractivity contribution in [2.45, 2.75) is 52.0 Å². The SMILES string of the molecule is Cc1cnn(CCCNC(=O)CCN2CCCCCC2=O)c1. The molecular formula is C16H26N4O2. The molecule has 1 N–H and O–H groups in total. The van der Waals surface area contributed by atoms with Gasteiger partial charge < -0.3 is 10.2 Å². The van der Waals surface area contributed by atoms with Crippen LogP contribution in [-0.4, -0.2) is 46.1 Å². The van der Waals surface area contributed by atoms with Crippen molar-refractivity contribution in [3.63, 3.8) is 0 Å². The Kier molecular flexibility index (Phi) is 6.43. The molecule has 6 heteroatoms. The Morgan fingerprint density at radius 3 is 2.95 bits per heavy atom. The summed E-state index contributed by atoms with van der Waals surface area (Å²) in [6.45, 7) is 4.80. The zero-order valence-electron chi connectivity index (χ0n) is 13.4. The number of nitrogens with one attached hydrogen (secondary N) is 1. The first-order valence-electron chi connectivity index (χ1n) is 8.18. The number of aryl methyl sites for hydroxylation is 2. The quantitative estimate of drug-likeness (QED) is 0.776. The van der Waals surface area contributed by atoms with E-state index in [1.165, 1.54) is 0 Å². The molecule has 22 heavy (non-hydrogen) atoms. The van der Waals surface area contributed by atoms with E-state index in [1.54, 1.807) is 0 Å². The summed E-state index contributed by atoms with van der Waals surface area (Å²) >= 11 is 0. The van der Waals surface area contributed by atoms with Crippen molar-refractivity contribution < 1.29 is 9.59 Å². The highest BCUT2D eigenvalue weighted by Crippen LogP contribution is 2.11. The number of likely N-dealkylation sites (tertiary alicyclic amines) is 1. The van der Waals surface area contributed by atoms with Crippen molar-refractivity contribution in [3.05, 3.63) is 18.0 Å². The monoisotopic (exact) mass is 306 g/mol. The molecule has 0 aliphatic carbocycles. The Balaban J connectivity index is 1.58. The number of amides is 2. The minimum Gasteiger partial charge on any atom is -0.356 e. The lowest BCUT2D eigenvalue weighted by Gasteiger charge is -2.20. The van der Waals surface area contributed by atoms with Gasteiger partial charge in [0.15, 0.2) is 0 Å². The molecule has 1 aliphatic heterocycles. The Labute approximate surface area is 131 Å². The van der Waals surface area contributed by atoms with Crippen molar-refractivity contribution in [1.29, 1.82) is 0 Å². The van der Waals surface area contributed by atoms with Gasteiger partial charge in [0.05, 0.1) is 6.20 Å². The third-order valence-electron chi connectivity index (χ3n) is 3.93. The Bertz CT molecular complexity index is 498. The van der Waals surface area contributed by atoms with Gasteiger partial charge in [0.2, 0.25) is 11.8 Å². The van der Waals surface area contributed by atoms with Crippen molar-refractivity contribution in [2.75, 3.05) is 19.6 Å². The van der Waals surface area contributed by atoms with Crippen LogP contribution in [0.1, 0.15) is 44.1 Å². The number of rotatable bonds is 7. The number of hydrogen-bond donors (Lipinski definition) is 1. The van der Waals surface area contributed by atoms with Crippen molar-refractivity contribution in [1.82, 2.24) is 20.0 Å². The van der Waals surface area contributed by atoms with Gasteiger partial charge in [-0.3, -0.25) is 14.3 Å². The Morgan fingerprint density at radius 1 is 1.32 bits per heavy atom. The fourth-order valence-corrected chi connectivity index (χ4v) is 2.66. The summed E-state index contributed by atoms with van der Waals surface area (Å²) in [5, 5.41) is 7.12. The first-order valence-corrected chi connectivity index (χ1v) is 8.18. The van der Waals surface area contributed by atoms with Gasteiger partial charge in [0, 0.05) is 45.2 Å². The van der Waals surface area contributed by atoms with Crippen LogP contribution in [0, 0.1) is 6.92 Å². The number of carbonyl (C=O) groups is 2. The van der Waals surface area contributed by atoms with Crippen LogP contribution in [-0.2, 0) is 16.1 Å². The van der Waals surface area contributed by atoms with Crippen LogP contribution in [0.5, 0.6) is 0 Å². The van der Waals surface area contributed by atoms with E-state index < -0.39 is 0 Å². The predicted octanol–water partition coefficient (Wildman–Crippen LogP) is 1.49. The van der Waals surface area contributed by atoms with Crippen LogP contribution < -0.4 is 5.32 Å². The van der Waals surface area contributed by atoms with Gasteiger partial charge in [-0.1, -0.05) is 6.42 Å². The maximum absolute atomic E-state index is 11.8. The average molecular weight is 306 g/mol. The van der Waals surface area contributed by atoms with E-state index in [1.807, 2.05) is 28.9 Å². The molecule has 1 aliphatic rings. The average Bonchev–Trinajstić information content (AvgIpc) is 2.80. The van der Waals surface area contributed by atoms with Crippen molar-refractivity contribution in [2.24, 2.45) is 0 Å². The lowest BCUT2D eigenvalue weighted by atomic mass is 10.2. The van der Waals surface area contributed by atoms with Crippen LogP contribution in [0.25, 0.3) is 0 Å². The maximum atomic E-state index is 11.8. The molecule has 0 radical (unpaired) electrons. The van der Waals surface area contributed by atoms with Crippen LogP contribution in [0.15, 0.2) is 12.4 Å². The normalized spacial score (nSPS) is 15.7. The second-order valence-corrected chi connectivity index (χ2v) is 5.93.